The van der Waals surface area contributed by atoms with E-state index >= 15 is 0 Å². The first-order valence-electron chi connectivity index (χ1n) is 8.82. The van der Waals surface area contributed by atoms with E-state index in [-0.39, 0.29) is 18.6 Å². The van der Waals surface area contributed by atoms with Crippen LogP contribution in [0.1, 0.15) is 55.3 Å². The Morgan fingerprint density at radius 2 is 1.64 bits per heavy atom. The van der Waals surface area contributed by atoms with Gasteiger partial charge in [-0.1, -0.05) is 32.1 Å². The Bertz CT molecular complexity index is 579. The molecule has 1 aliphatic rings. The molecule has 0 radical (unpaired) electrons. The van der Waals surface area contributed by atoms with Crippen molar-refractivity contribution in [3.63, 3.8) is 0 Å². The lowest BCUT2D eigenvalue weighted by atomic mass is 9.97. The summed E-state index contributed by atoms with van der Waals surface area (Å²) in [4.78, 5) is 24.1. The molecule has 0 bridgehead atoms. The summed E-state index contributed by atoms with van der Waals surface area (Å²) >= 11 is 0. The minimum Gasteiger partial charge on any atom is -0.493 e. The van der Waals surface area contributed by atoms with Gasteiger partial charge in [-0.25, -0.2) is 4.79 Å². The summed E-state index contributed by atoms with van der Waals surface area (Å²) in [6, 6.07) is 4.93. The second kappa shape index (κ2) is 9.91. The normalized spacial score (nSPS) is 15.6. The fourth-order valence-electron chi connectivity index (χ4n) is 3.05. The number of carbonyl (C=O) groups excluding carboxylic acids is 2. The number of ether oxygens (including phenoxy) is 3. The lowest BCUT2D eigenvalue weighted by Crippen LogP contribution is -2.38. The van der Waals surface area contributed by atoms with Gasteiger partial charge in [-0.15, -0.1) is 0 Å². The van der Waals surface area contributed by atoms with Gasteiger partial charge < -0.3 is 19.5 Å². The molecule has 6 heteroatoms. The molecule has 0 spiro atoms. The number of hydrogen-bond donors (Lipinski definition) is 1. The molecule has 1 aliphatic carbocycles. The van der Waals surface area contributed by atoms with E-state index in [2.05, 4.69) is 5.32 Å². The third-order valence-corrected chi connectivity index (χ3v) is 4.42. The summed E-state index contributed by atoms with van der Waals surface area (Å²) < 4.78 is 15.4. The van der Waals surface area contributed by atoms with Gasteiger partial charge in [-0.05, 0) is 31.0 Å². The van der Waals surface area contributed by atoms with Gasteiger partial charge in [0.1, 0.15) is 0 Å². The molecule has 1 aromatic carbocycles. The SMILES string of the molecule is COc1ccc(C(=O)OCC(=O)NC2CCCCCCC2)cc1OC. The van der Waals surface area contributed by atoms with Crippen LogP contribution in [0.15, 0.2) is 18.2 Å². The Labute approximate surface area is 148 Å². The van der Waals surface area contributed by atoms with Crippen molar-refractivity contribution in [3.05, 3.63) is 23.8 Å². The molecule has 0 heterocycles. The van der Waals surface area contributed by atoms with E-state index in [1.807, 2.05) is 0 Å². The van der Waals surface area contributed by atoms with Gasteiger partial charge in [-0.2, -0.15) is 0 Å². The van der Waals surface area contributed by atoms with E-state index in [0.717, 1.165) is 25.7 Å². The maximum Gasteiger partial charge on any atom is 0.338 e. The highest BCUT2D eigenvalue weighted by atomic mass is 16.5. The number of methoxy groups -OCH3 is 2. The first-order valence-corrected chi connectivity index (χ1v) is 8.82. The average Bonchev–Trinajstić information content (AvgIpc) is 2.61. The molecule has 1 fully saturated rings. The largest absolute Gasteiger partial charge is 0.493 e. The van der Waals surface area contributed by atoms with Crippen molar-refractivity contribution >= 4 is 11.9 Å². The van der Waals surface area contributed by atoms with Crippen molar-refractivity contribution in [2.45, 2.75) is 51.0 Å². The van der Waals surface area contributed by atoms with Crippen LogP contribution >= 0.6 is 0 Å². The third kappa shape index (κ3) is 5.96. The summed E-state index contributed by atoms with van der Waals surface area (Å²) in [5, 5.41) is 2.97. The highest BCUT2D eigenvalue weighted by Gasteiger charge is 2.17. The summed E-state index contributed by atoms with van der Waals surface area (Å²) in [6.07, 6.45) is 7.99. The lowest BCUT2D eigenvalue weighted by molar-refractivity contribution is -0.125. The molecular weight excluding hydrogens is 322 g/mol. The molecule has 1 aromatic rings. The van der Waals surface area contributed by atoms with Crippen molar-refractivity contribution in [1.29, 1.82) is 0 Å². The Kier molecular flexibility index (Phi) is 7.57. The van der Waals surface area contributed by atoms with Gasteiger partial charge in [0.25, 0.3) is 5.91 Å². The Balaban J connectivity index is 1.83. The Morgan fingerprint density at radius 3 is 2.28 bits per heavy atom. The van der Waals surface area contributed by atoms with Crippen LogP contribution < -0.4 is 14.8 Å². The summed E-state index contributed by atoms with van der Waals surface area (Å²) in [5.74, 6) is 0.158. The molecule has 0 aliphatic heterocycles. The molecule has 1 N–H and O–H groups in total. The number of benzene rings is 1. The zero-order valence-corrected chi connectivity index (χ0v) is 15.0. The molecule has 25 heavy (non-hydrogen) atoms. The number of carbonyl (C=O) groups is 2. The van der Waals surface area contributed by atoms with Crippen LogP contribution in [0.25, 0.3) is 0 Å². The molecule has 0 unspecified atom stereocenters. The van der Waals surface area contributed by atoms with E-state index in [9.17, 15) is 9.59 Å². The number of nitrogens with one attached hydrogen (secondary N) is 1. The average molecular weight is 349 g/mol. The molecule has 0 saturated heterocycles. The van der Waals surface area contributed by atoms with Crippen molar-refractivity contribution in [1.82, 2.24) is 5.32 Å². The molecule has 1 saturated carbocycles. The van der Waals surface area contributed by atoms with Gasteiger partial charge in [0.2, 0.25) is 0 Å². The van der Waals surface area contributed by atoms with Gasteiger partial charge >= 0.3 is 5.97 Å². The minimum absolute atomic E-state index is 0.188. The molecule has 0 atom stereocenters. The molecule has 2 rings (SSSR count). The number of amides is 1. The maximum atomic E-state index is 12.1. The summed E-state index contributed by atoms with van der Waals surface area (Å²) in [6.45, 7) is -0.274. The predicted molar refractivity (Wildman–Crippen MR) is 94.1 cm³/mol. The van der Waals surface area contributed by atoms with Gasteiger partial charge in [-0.3, -0.25) is 4.79 Å². The van der Waals surface area contributed by atoms with Crippen LogP contribution in [0.2, 0.25) is 0 Å². The van der Waals surface area contributed by atoms with Crippen molar-refractivity contribution in [3.8, 4) is 11.5 Å². The minimum atomic E-state index is -0.561. The zero-order chi connectivity index (χ0) is 18.1. The smallest absolute Gasteiger partial charge is 0.338 e. The molecular formula is C19H27NO5. The predicted octanol–water partition coefficient (Wildman–Crippen LogP) is 3.09. The lowest BCUT2D eigenvalue weighted by Gasteiger charge is -2.20. The topological polar surface area (TPSA) is 73.9 Å². The van der Waals surface area contributed by atoms with Gasteiger partial charge in [0.05, 0.1) is 19.8 Å². The first kappa shape index (κ1) is 19.1. The fourth-order valence-corrected chi connectivity index (χ4v) is 3.05. The Hall–Kier alpha value is -2.24. The maximum absolute atomic E-state index is 12.1. The van der Waals surface area contributed by atoms with Gasteiger partial charge in [0, 0.05) is 6.04 Å². The van der Waals surface area contributed by atoms with Crippen LogP contribution in [0.5, 0.6) is 11.5 Å². The van der Waals surface area contributed by atoms with Crippen molar-refractivity contribution in [2.24, 2.45) is 0 Å². The molecule has 1 amide bonds. The second-order valence-electron chi connectivity index (χ2n) is 6.26. The number of rotatable bonds is 6. The standard InChI is InChI=1S/C19H27NO5/c1-23-16-11-10-14(12-17(16)24-2)19(22)25-13-18(21)20-15-8-6-4-3-5-7-9-15/h10-12,15H,3-9,13H2,1-2H3,(H,20,21). The van der Waals surface area contributed by atoms with Crippen LogP contribution in [0.4, 0.5) is 0 Å². The molecule has 6 nitrogen and oxygen atoms in total. The van der Waals surface area contributed by atoms with Gasteiger partial charge in [0.15, 0.2) is 18.1 Å². The fraction of sp³-hybridized carbons (Fsp3) is 0.579. The highest BCUT2D eigenvalue weighted by Crippen LogP contribution is 2.27. The second-order valence-corrected chi connectivity index (χ2v) is 6.26. The van der Waals surface area contributed by atoms with Crippen LogP contribution in [0.3, 0.4) is 0 Å². The highest BCUT2D eigenvalue weighted by molar-refractivity contribution is 5.92. The molecule has 0 aromatic heterocycles. The first-order chi connectivity index (χ1) is 12.1. The van der Waals surface area contributed by atoms with E-state index in [1.54, 1.807) is 12.1 Å². The summed E-state index contributed by atoms with van der Waals surface area (Å²) in [5.41, 5.74) is 0.316. The van der Waals surface area contributed by atoms with Crippen LogP contribution in [-0.4, -0.2) is 38.7 Å². The van der Waals surface area contributed by atoms with E-state index < -0.39 is 5.97 Å². The number of esters is 1. The molecule has 138 valence electrons. The van der Waals surface area contributed by atoms with Crippen molar-refractivity contribution in [2.75, 3.05) is 20.8 Å². The third-order valence-electron chi connectivity index (χ3n) is 4.42. The zero-order valence-electron chi connectivity index (χ0n) is 15.0. The van der Waals surface area contributed by atoms with Crippen LogP contribution in [0, 0.1) is 0 Å². The quantitative estimate of drug-likeness (QED) is 0.799. The van der Waals surface area contributed by atoms with Crippen molar-refractivity contribution < 1.29 is 23.8 Å². The van der Waals surface area contributed by atoms with E-state index in [4.69, 9.17) is 14.2 Å². The van der Waals surface area contributed by atoms with E-state index in [0.29, 0.717) is 17.1 Å². The monoisotopic (exact) mass is 349 g/mol. The van der Waals surface area contributed by atoms with E-state index in [1.165, 1.54) is 39.5 Å². The Morgan fingerprint density at radius 1 is 1.00 bits per heavy atom. The summed E-state index contributed by atoms with van der Waals surface area (Å²) in [7, 11) is 3.02. The van der Waals surface area contributed by atoms with Crippen LogP contribution in [-0.2, 0) is 9.53 Å². The number of hydrogen-bond acceptors (Lipinski definition) is 5.